The van der Waals surface area contributed by atoms with E-state index in [9.17, 15) is 9.90 Å². The van der Waals surface area contributed by atoms with E-state index in [2.05, 4.69) is 5.32 Å². The van der Waals surface area contributed by atoms with Crippen molar-refractivity contribution < 1.29 is 9.90 Å². The van der Waals surface area contributed by atoms with Gasteiger partial charge in [0.1, 0.15) is 5.75 Å². The maximum Gasteiger partial charge on any atom is 0.248 e. The summed E-state index contributed by atoms with van der Waals surface area (Å²) < 4.78 is 0. The lowest BCUT2D eigenvalue weighted by atomic mass is 10.1. The molecule has 0 spiro atoms. The van der Waals surface area contributed by atoms with Gasteiger partial charge in [0.05, 0.1) is 0 Å². The molecule has 2 N–H and O–H groups in total. The summed E-state index contributed by atoms with van der Waals surface area (Å²) in [4.78, 5) is 12.2. The first-order chi connectivity index (χ1) is 11.5. The maximum absolute atomic E-state index is 12.2. The highest BCUT2D eigenvalue weighted by Crippen LogP contribution is 2.29. The number of amides is 1. The standard InChI is InChI=1S/C19H13Cl2NO2/c20-13-9-7-12(16(21)11-13)8-10-19(24)22-17-5-1-4-15-14(17)3-2-6-18(15)23/h1-11,23H,(H,22,24)/b10-8+. The van der Waals surface area contributed by atoms with Gasteiger partial charge in [0.25, 0.3) is 0 Å². The van der Waals surface area contributed by atoms with E-state index in [0.717, 1.165) is 5.39 Å². The number of rotatable bonds is 3. The largest absolute Gasteiger partial charge is 0.507 e. The van der Waals surface area contributed by atoms with Gasteiger partial charge in [-0.1, -0.05) is 53.5 Å². The molecule has 1 amide bonds. The third kappa shape index (κ3) is 3.53. The van der Waals surface area contributed by atoms with Crippen molar-refractivity contribution in [3.63, 3.8) is 0 Å². The number of carbonyl (C=O) groups excluding carboxylic acids is 1. The van der Waals surface area contributed by atoms with Crippen molar-refractivity contribution in [2.24, 2.45) is 0 Å². The second-order valence-electron chi connectivity index (χ2n) is 5.17. The van der Waals surface area contributed by atoms with E-state index in [1.165, 1.54) is 6.08 Å². The Morgan fingerprint density at radius 2 is 1.75 bits per heavy atom. The van der Waals surface area contributed by atoms with Gasteiger partial charge in [-0.2, -0.15) is 0 Å². The molecule has 0 aliphatic carbocycles. The third-order valence-corrected chi connectivity index (χ3v) is 4.10. The number of nitrogens with one attached hydrogen (secondary N) is 1. The minimum absolute atomic E-state index is 0.173. The second-order valence-corrected chi connectivity index (χ2v) is 6.01. The zero-order valence-corrected chi connectivity index (χ0v) is 14.0. The summed E-state index contributed by atoms with van der Waals surface area (Å²) in [6, 6.07) is 15.6. The lowest BCUT2D eigenvalue weighted by molar-refractivity contribution is -0.111. The SMILES string of the molecule is O=C(/C=C/c1ccc(Cl)cc1Cl)Nc1cccc2c(O)cccc12. The van der Waals surface area contributed by atoms with Crippen LogP contribution in [-0.4, -0.2) is 11.0 Å². The number of hydrogen-bond donors (Lipinski definition) is 2. The minimum Gasteiger partial charge on any atom is -0.507 e. The predicted octanol–water partition coefficient (Wildman–Crippen LogP) is 5.50. The van der Waals surface area contributed by atoms with E-state index in [0.29, 0.717) is 26.7 Å². The van der Waals surface area contributed by atoms with Crippen molar-refractivity contribution in [1.82, 2.24) is 0 Å². The average molecular weight is 358 g/mol. The molecule has 0 unspecified atom stereocenters. The number of phenolic OH excluding ortho intramolecular Hbond substituents is 1. The number of aromatic hydroxyl groups is 1. The fourth-order valence-corrected chi connectivity index (χ4v) is 2.85. The van der Waals surface area contributed by atoms with E-state index in [1.807, 2.05) is 6.07 Å². The van der Waals surface area contributed by atoms with E-state index in [-0.39, 0.29) is 11.7 Å². The van der Waals surface area contributed by atoms with E-state index >= 15 is 0 Å². The third-order valence-electron chi connectivity index (χ3n) is 3.53. The molecule has 24 heavy (non-hydrogen) atoms. The Labute approximate surface area is 149 Å². The van der Waals surface area contributed by atoms with Crippen LogP contribution in [-0.2, 0) is 4.79 Å². The molecule has 3 aromatic carbocycles. The number of halogens is 2. The highest BCUT2D eigenvalue weighted by atomic mass is 35.5. The van der Waals surface area contributed by atoms with Gasteiger partial charge < -0.3 is 10.4 Å². The van der Waals surface area contributed by atoms with Gasteiger partial charge in [-0.15, -0.1) is 0 Å². The molecule has 0 saturated heterocycles. The summed E-state index contributed by atoms with van der Waals surface area (Å²) in [5.41, 5.74) is 1.33. The molecular weight excluding hydrogens is 345 g/mol. The Morgan fingerprint density at radius 1 is 1.00 bits per heavy atom. The summed E-state index contributed by atoms with van der Waals surface area (Å²) in [6.45, 7) is 0. The number of anilines is 1. The molecule has 0 aliphatic rings. The predicted molar refractivity (Wildman–Crippen MR) is 99.7 cm³/mol. The molecule has 120 valence electrons. The first-order valence-corrected chi connectivity index (χ1v) is 7.95. The molecule has 0 bridgehead atoms. The van der Waals surface area contributed by atoms with Crippen LogP contribution < -0.4 is 5.32 Å². The summed E-state index contributed by atoms with van der Waals surface area (Å²) in [5, 5.41) is 15.2. The molecule has 3 rings (SSSR count). The van der Waals surface area contributed by atoms with Crippen molar-refractivity contribution in [3.8, 4) is 5.75 Å². The molecule has 0 radical (unpaired) electrons. The van der Waals surface area contributed by atoms with Gasteiger partial charge in [0.15, 0.2) is 0 Å². The highest BCUT2D eigenvalue weighted by molar-refractivity contribution is 6.35. The van der Waals surface area contributed by atoms with E-state index in [4.69, 9.17) is 23.2 Å². The van der Waals surface area contributed by atoms with Crippen LogP contribution in [0.3, 0.4) is 0 Å². The molecule has 0 heterocycles. The second kappa shape index (κ2) is 6.95. The van der Waals surface area contributed by atoms with Gasteiger partial charge in [-0.3, -0.25) is 4.79 Å². The van der Waals surface area contributed by atoms with Crippen LogP contribution in [0.2, 0.25) is 10.0 Å². The smallest absolute Gasteiger partial charge is 0.248 e. The quantitative estimate of drug-likeness (QED) is 0.607. The van der Waals surface area contributed by atoms with Crippen LogP contribution in [0.5, 0.6) is 5.75 Å². The Balaban J connectivity index is 1.83. The Morgan fingerprint density at radius 3 is 2.54 bits per heavy atom. The molecule has 0 fully saturated rings. The zero-order chi connectivity index (χ0) is 17.1. The van der Waals surface area contributed by atoms with E-state index in [1.54, 1.807) is 54.6 Å². The van der Waals surface area contributed by atoms with Crippen molar-refractivity contribution in [2.45, 2.75) is 0 Å². The zero-order valence-electron chi connectivity index (χ0n) is 12.5. The van der Waals surface area contributed by atoms with Crippen LogP contribution in [0.4, 0.5) is 5.69 Å². The van der Waals surface area contributed by atoms with Crippen LogP contribution >= 0.6 is 23.2 Å². The minimum atomic E-state index is -0.295. The normalized spacial score (nSPS) is 11.1. The van der Waals surface area contributed by atoms with Crippen molar-refractivity contribution in [3.05, 3.63) is 76.3 Å². The van der Waals surface area contributed by atoms with Crippen LogP contribution in [0.15, 0.2) is 60.7 Å². The molecule has 0 atom stereocenters. The fourth-order valence-electron chi connectivity index (χ4n) is 2.38. The van der Waals surface area contributed by atoms with Crippen LogP contribution in [0, 0.1) is 0 Å². The van der Waals surface area contributed by atoms with Gasteiger partial charge >= 0.3 is 0 Å². The molecule has 3 nitrogen and oxygen atoms in total. The number of hydrogen-bond acceptors (Lipinski definition) is 2. The molecule has 0 saturated carbocycles. The number of fused-ring (bicyclic) bond motifs is 1. The molecule has 5 heteroatoms. The lowest BCUT2D eigenvalue weighted by Gasteiger charge is -2.08. The summed E-state index contributed by atoms with van der Waals surface area (Å²) >= 11 is 11.9. The average Bonchev–Trinajstić information content (AvgIpc) is 2.55. The number of phenols is 1. The topological polar surface area (TPSA) is 49.3 Å². The van der Waals surface area contributed by atoms with Gasteiger partial charge in [-0.25, -0.2) is 0 Å². The molecular formula is C19H13Cl2NO2. The summed E-state index contributed by atoms with van der Waals surface area (Å²) in [7, 11) is 0. The summed E-state index contributed by atoms with van der Waals surface area (Å²) in [6.07, 6.45) is 3.02. The van der Waals surface area contributed by atoms with Gasteiger partial charge in [0, 0.05) is 32.6 Å². The number of carbonyl (C=O) groups is 1. The van der Waals surface area contributed by atoms with Crippen LogP contribution in [0.1, 0.15) is 5.56 Å². The van der Waals surface area contributed by atoms with Crippen molar-refractivity contribution in [2.75, 3.05) is 5.32 Å². The monoisotopic (exact) mass is 357 g/mol. The van der Waals surface area contributed by atoms with E-state index < -0.39 is 0 Å². The molecule has 0 aliphatic heterocycles. The van der Waals surface area contributed by atoms with Gasteiger partial charge in [-0.05, 0) is 35.9 Å². The van der Waals surface area contributed by atoms with Crippen molar-refractivity contribution in [1.29, 1.82) is 0 Å². The summed E-state index contributed by atoms with van der Waals surface area (Å²) in [5.74, 6) is -0.121. The molecule has 0 aromatic heterocycles. The molecule has 3 aromatic rings. The van der Waals surface area contributed by atoms with Gasteiger partial charge in [0.2, 0.25) is 5.91 Å². The fraction of sp³-hybridized carbons (Fsp3) is 0. The Bertz CT molecular complexity index is 951. The Kier molecular flexibility index (Phi) is 4.74. The Hall–Kier alpha value is -2.49. The highest BCUT2D eigenvalue weighted by Gasteiger charge is 2.06. The first-order valence-electron chi connectivity index (χ1n) is 7.19. The number of benzene rings is 3. The van der Waals surface area contributed by atoms with Crippen molar-refractivity contribution >= 4 is 51.6 Å². The lowest BCUT2D eigenvalue weighted by Crippen LogP contribution is -2.08. The van der Waals surface area contributed by atoms with Crippen LogP contribution in [0.25, 0.3) is 16.8 Å². The first kappa shape index (κ1) is 16.4. The maximum atomic E-state index is 12.2.